The molecule has 0 spiro atoms. The molecule has 0 saturated heterocycles. The predicted octanol–water partition coefficient (Wildman–Crippen LogP) is 1.83. The Morgan fingerprint density at radius 3 is 1.41 bits per heavy atom. The summed E-state index contributed by atoms with van der Waals surface area (Å²) >= 11 is 19.1. The molecular formula is C4H6N4OS8. The van der Waals surface area contributed by atoms with Gasteiger partial charge in [0.25, 0.3) is 0 Å². The number of nitrogens with two attached hydrogens (primary N) is 2. The zero-order valence-corrected chi connectivity index (χ0v) is 14.4. The monoisotopic (exact) mass is 382 g/mol. The van der Waals surface area contributed by atoms with Crippen molar-refractivity contribution < 1.29 is 4.94 Å². The number of rotatable bonds is 2. The minimum Gasteiger partial charge on any atom is -0.384 e. The van der Waals surface area contributed by atoms with Gasteiger partial charge in [0.05, 0.1) is 0 Å². The number of hydrogen-bond acceptors (Lipinski definition) is 9. The molecule has 0 heterocycles. The van der Waals surface area contributed by atoms with E-state index in [-0.39, 0.29) is 8.64 Å². The smallest absolute Gasteiger partial charge is 0.170 e. The van der Waals surface area contributed by atoms with Gasteiger partial charge >= 0.3 is 0 Å². The molecule has 0 amide bonds. The number of hydrogen-bond donors (Lipinski definition) is 4. The highest BCUT2D eigenvalue weighted by Gasteiger charge is 2.02. The van der Waals surface area contributed by atoms with Crippen LogP contribution in [-0.2, 0) is 4.94 Å². The second-order valence-corrected chi connectivity index (χ2v) is 8.95. The quantitative estimate of drug-likeness (QED) is 0.318. The molecule has 0 aromatic heterocycles. The van der Waals surface area contributed by atoms with Crippen molar-refractivity contribution in [1.29, 1.82) is 0 Å². The van der Waals surface area contributed by atoms with Crippen LogP contribution in [0.15, 0.2) is 0 Å². The van der Waals surface area contributed by atoms with Gasteiger partial charge in [-0.25, -0.2) is 11.0 Å². The minimum atomic E-state index is 0.283. The van der Waals surface area contributed by atoms with Crippen molar-refractivity contribution in [2.24, 2.45) is 11.5 Å². The highest BCUT2D eigenvalue weighted by Crippen LogP contribution is 2.22. The van der Waals surface area contributed by atoms with Gasteiger partial charge in [0.2, 0.25) is 0 Å². The molecule has 0 fully saturated rings. The summed E-state index contributed by atoms with van der Waals surface area (Å²) < 4.78 is 1.27. The van der Waals surface area contributed by atoms with Crippen LogP contribution in [-0.4, -0.2) is 17.3 Å². The topological polar surface area (TPSA) is 85.3 Å². The summed E-state index contributed by atoms with van der Waals surface area (Å²) in [7, 11) is 4.63. The summed E-state index contributed by atoms with van der Waals surface area (Å²) in [4.78, 5) is 4.80. The Morgan fingerprint density at radius 2 is 1.12 bits per heavy atom. The molecule has 0 aliphatic heterocycles. The molecule has 17 heavy (non-hydrogen) atoms. The summed E-state index contributed by atoms with van der Waals surface area (Å²) in [5, 5.41) is 0. The van der Waals surface area contributed by atoms with Crippen LogP contribution in [0.1, 0.15) is 0 Å². The van der Waals surface area contributed by atoms with Crippen molar-refractivity contribution in [3.63, 3.8) is 0 Å². The third-order valence-electron chi connectivity index (χ3n) is 0.668. The lowest BCUT2D eigenvalue weighted by atomic mass is 11.5. The van der Waals surface area contributed by atoms with Gasteiger partial charge in [-0.3, -0.25) is 0 Å². The van der Waals surface area contributed by atoms with Gasteiger partial charge in [0, 0.05) is 0 Å². The molecule has 0 aliphatic carbocycles. The van der Waals surface area contributed by atoms with Crippen molar-refractivity contribution in [1.82, 2.24) is 11.0 Å². The summed E-state index contributed by atoms with van der Waals surface area (Å²) in [6.07, 6.45) is 0. The van der Waals surface area contributed by atoms with Gasteiger partial charge in [-0.1, -0.05) is 24.4 Å². The van der Waals surface area contributed by atoms with E-state index in [0.29, 0.717) is 8.64 Å². The van der Waals surface area contributed by atoms with Crippen LogP contribution >= 0.6 is 92.0 Å². The lowest BCUT2D eigenvalue weighted by Crippen LogP contribution is -2.30. The van der Waals surface area contributed by atoms with Crippen molar-refractivity contribution >= 4 is 109 Å². The van der Waals surface area contributed by atoms with E-state index in [2.05, 4.69) is 35.4 Å². The average molecular weight is 383 g/mol. The zero-order valence-electron chi connectivity index (χ0n) is 7.83. The Hall–Kier alpha value is 0.920. The zero-order chi connectivity index (χ0) is 13.3. The molecule has 0 aromatic rings. The highest BCUT2D eigenvalue weighted by atomic mass is 33.1. The van der Waals surface area contributed by atoms with Gasteiger partial charge in [0.1, 0.15) is 8.64 Å². The van der Waals surface area contributed by atoms with Crippen LogP contribution < -0.4 is 22.4 Å². The first-order chi connectivity index (χ1) is 7.91. The molecule has 6 N–H and O–H groups in total. The van der Waals surface area contributed by atoms with Crippen molar-refractivity contribution in [2.45, 2.75) is 0 Å². The first-order valence-corrected chi connectivity index (χ1v) is 9.38. The lowest BCUT2D eigenvalue weighted by Gasteiger charge is -2.07. The largest absolute Gasteiger partial charge is 0.384 e. The van der Waals surface area contributed by atoms with E-state index in [1.807, 2.05) is 0 Å². The van der Waals surface area contributed by atoms with Crippen LogP contribution in [0.4, 0.5) is 0 Å². The van der Waals surface area contributed by atoms with E-state index < -0.39 is 0 Å². The molecule has 0 radical (unpaired) electrons. The first-order valence-electron chi connectivity index (χ1n) is 3.45. The van der Waals surface area contributed by atoms with E-state index >= 15 is 0 Å². The fourth-order valence-electron chi connectivity index (χ4n) is 0.301. The molecule has 0 bridgehead atoms. The summed E-state index contributed by atoms with van der Waals surface area (Å²) in [5.41, 5.74) is 15.4. The van der Waals surface area contributed by atoms with Crippen LogP contribution in [0, 0.1) is 0 Å². The number of thiocarbonyl (C=S) groups is 4. The fourth-order valence-corrected chi connectivity index (χ4v) is 3.23. The SMILES string of the molecule is NC(=S)SSC(=S)NONC(=S)SSC(N)=S. The maximum Gasteiger partial charge on any atom is 0.170 e. The van der Waals surface area contributed by atoms with Crippen molar-refractivity contribution in [3.8, 4) is 0 Å². The summed E-state index contributed by atoms with van der Waals surface area (Å²) in [6, 6.07) is 0. The normalized spacial score (nSPS) is 9.41. The van der Waals surface area contributed by atoms with Crippen molar-refractivity contribution in [3.05, 3.63) is 0 Å². The molecule has 0 rings (SSSR count). The van der Waals surface area contributed by atoms with Crippen LogP contribution in [0.3, 0.4) is 0 Å². The van der Waals surface area contributed by atoms with E-state index in [1.165, 1.54) is 0 Å². The summed E-state index contributed by atoms with van der Waals surface area (Å²) in [6.45, 7) is 0. The Morgan fingerprint density at radius 1 is 0.765 bits per heavy atom. The Kier molecular flexibility index (Phi) is 11.4. The molecular weight excluding hydrogens is 377 g/mol. The first kappa shape index (κ1) is 17.9. The Bertz CT molecular complexity index is 291. The van der Waals surface area contributed by atoms with Gasteiger partial charge in [-0.15, -0.1) is 0 Å². The van der Waals surface area contributed by atoms with Gasteiger partial charge in [-0.2, -0.15) is 4.94 Å². The molecule has 0 saturated carbocycles. The molecule has 0 aliphatic rings. The van der Waals surface area contributed by atoms with E-state index in [9.17, 15) is 0 Å². The lowest BCUT2D eigenvalue weighted by molar-refractivity contribution is 0.0437. The molecule has 96 valence electrons. The molecule has 5 nitrogen and oxygen atoms in total. The maximum atomic E-state index is 5.26. The van der Waals surface area contributed by atoms with Gasteiger partial charge in [0.15, 0.2) is 8.64 Å². The standard InChI is InChI=1S/C4H6N4OS8/c5-1(10)14-16-3(12)7-9-8-4(13)17-15-2(6)11/h(H2,5,10)(H2,6,11)(H,7,12)(H,8,13). The van der Waals surface area contributed by atoms with E-state index in [4.69, 9.17) is 40.8 Å². The van der Waals surface area contributed by atoms with Crippen LogP contribution in [0.25, 0.3) is 0 Å². The average Bonchev–Trinajstić information content (AvgIpc) is 2.23. The fraction of sp³-hybridized carbons (Fsp3) is 0. The number of hydroxylamine groups is 2. The third-order valence-corrected chi connectivity index (χ3v) is 6.64. The Labute approximate surface area is 135 Å². The third kappa shape index (κ3) is 13.2. The number of nitrogens with one attached hydrogen (secondary N) is 2. The Balaban J connectivity index is 3.55. The molecule has 0 unspecified atom stereocenters. The second-order valence-electron chi connectivity index (χ2n) is 1.85. The maximum absolute atomic E-state index is 5.26. The van der Waals surface area contributed by atoms with Crippen LogP contribution in [0.2, 0.25) is 0 Å². The van der Waals surface area contributed by atoms with Gasteiger partial charge < -0.3 is 11.5 Å². The van der Waals surface area contributed by atoms with E-state index in [1.54, 1.807) is 0 Å². The van der Waals surface area contributed by atoms with Gasteiger partial charge in [-0.05, 0) is 67.6 Å². The molecule has 0 aromatic carbocycles. The predicted molar refractivity (Wildman–Crippen MR) is 96.5 cm³/mol. The van der Waals surface area contributed by atoms with Crippen molar-refractivity contribution in [2.75, 3.05) is 0 Å². The summed E-state index contributed by atoms with van der Waals surface area (Å²) in [5.74, 6) is 0. The van der Waals surface area contributed by atoms with Crippen LogP contribution in [0.5, 0.6) is 0 Å². The van der Waals surface area contributed by atoms with E-state index in [0.717, 1.165) is 43.2 Å². The molecule has 13 heteroatoms. The minimum absolute atomic E-state index is 0.283. The highest BCUT2D eigenvalue weighted by molar-refractivity contribution is 8.90. The molecule has 0 atom stereocenters. The second kappa shape index (κ2) is 10.8.